The van der Waals surface area contributed by atoms with Crippen molar-refractivity contribution in [2.24, 2.45) is 0 Å². The zero-order valence-corrected chi connectivity index (χ0v) is 39.1. The Labute approximate surface area is 424 Å². The highest BCUT2D eigenvalue weighted by molar-refractivity contribution is 6.11. The number of fused-ring (bicyclic) bond motifs is 3. The monoisotopic (exact) mass is 994 g/mol. The van der Waals surface area contributed by atoms with Crippen molar-refractivity contribution >= 4 is 21.8 Å². The molecule has 0 spiro atoms. The van der Waals surface area contributed by atoms with E-state index >= 15 is 0 Å². The predicted octanol–water partition coefficient (Wildman–Crippen LogP) is 15.9. The third-order valence-corrected chi connectivity index (χ3v) is 12.8. The van der Waals surface area contributed by atoms with E-state index in [4.69, 9.17) is 29.9 Å². The number of hydrogen-bond donors (Lipinski definition) is 0. The van der Waals surface area contributed by atoms with Crippen LogP contribution in [0.3, 0.4) is 0 Å². The van der Waals surface area contributed by atoms with E-state index in [9.17, 15) is 26.3 Å². The molecule has 0 saturated carbocycles. The van der Waals surface area contributed by atoms with Gasteiger partial charge in [-0.05, 0) is 71.8 Å². The molecular weight excluding hydrogens is 959 g/mol. The van der Waals surface area contributed by atoms with Gasteiger partial charge in [-0.3, -0.25) is 4.98 Å². The van der Waals surface area contributed by atoms with Gasteiger partial charge in [0.15, 0.2) is 34.9 Å². The molecule has 75 heavy (non-hydrogen) atoms. The van der Waals surface area contributed by atoms with Gasteiger partial charge in [-0.15, -0.1) is 0 Å². The van der Waals surface area contributed by atoms with Crippen molar-refractivity contribution in [3.63, 3.8) is 0 Å². The molecule has 8 nitrogen and oxygen atoms in total. The van der Waals surface area contributed by atoms with Crippen LogP contribution in [0.5, 0.6) is 0 Å². The minimum atomic E-state index is -5.02. The first kappa shape index (κ1) is 46.4. The first-order chi connectivity index (χ1) is 36.4. The zero-order valence-electron chi connectivity index (χ0n) is 39.1. The van der Waals surface area contributed by atoms with Crippen LogP contribution >= 0.6 is 0 Å². The number of rotatable bonds is 9. The highest BCUT2D eigenvalue weighted by Crippen LogP contribution is 2.44. The number of alkyl halides is 6. The predicted molar refractivity (Wildman–Crippen MR) is 279 cm³/mol. The van der Waals surface area contributed by atoms with Gasteiger partial charge in [-0.1, -0.05) is 146 Å². The molecule has 0 fully saturated rings. The molecule has 0 unspecified atom stereocenters. The van der Waals surface area contributed by atoms with E-state index < -0.39 is 23.5 Å². The topological polar surface area (TPSA) is 95.2 Å². The lowest BCUT2D eigenvalue weighted by molar-refractivity contribution is -0.143. The average molecular weight is 995 g/mol. The third-order valence-electron chi connectivity index (χ3n) is 12.8. The molecule has 4 aromatic heterocycles. The summed E-state index contributed by atoms with van der Waals surface area (Å²) in [6.45, 7) is 0. The summed E-state index contributed by atoms with van der Waals surface area (Å²) >= 11 is 0. The number of benzene rings is 8. The normalized spacial score (nSPS) is 11.9. The Hall–Kier alpha value is -9.69. The van der Waals surface area contributed by atoms with E-state index in [1.165, 1.54) is 0 Å². The number of aromatic nitrogens is 8. The Morgan fingerprint density at radius 1 is 0.307 bits per heavy atom. The standard InChI is InChI=1S/C61H36F6N8/c62-60(63,64)44-31-43(32-45(35-44)61(65,66)67)41-25-27-52-48(33-41)46-23-13-14-24-51(46)75(52)53-28-26-42(58-71-54(37-15-5-1-6-16-37)69-55(72-58)38-17-7-2-8-18-38)34-49(53)50-36-68-30-29-47(50)59-73-56(39-19-9-3-10-20-39)70-57(74-59)40-21-11-4-12-22-40/h1-36H. The number of para-hydroxylation sites is 1. The van der Waals surface area contributed by atoms with E-state index in [1.807, 2.05) is 174 Å². The molecule has 0 aliphatic carbocycles. The van der Waals surface area contributed by atoms with Gasteiger partial charge >= 0.3 is 12.4 Å². The van der Waals surface area contributed by atoms with Crippen molar-refractivity contribution in [1.29, 1.82) is 0 Å². The molecule has 0 atom stereocenters. The zero-order chi connectivity index (χ0) is 51.3. The first-order valence-electron chi connectivity index (χ1n) is 23.6. The molecule has 0 bridgehead atoms. The van der Waals surface area contributed by atoms with E-state index in [2.05, 4.69) is 4.98 Å². The summed E-state index contributed by atoms with van der Waals surface area (Å²) in [4.78, 5) is 34.9. The summed E-state index contributed by atoms with van der Waals surface area (Å²) in [6.07, 6.45) is -6.64. The van der Waals surface area contributed by atoms with Crippen LogP contribution in [0.2, 0.25) is 0 Å². The highest BCUT2D eigenvalue weighted by atomic mass is 19.4. The smallest absolute Gasteiger partial charge is 0.309 e. The van der Waals surface area contributed by atoms with Gasteiger partial charge in [0.25, 0.3) is 0 Å². The van der Waals surface area contributed by atoms with Crippen molar-refractivity contribution in [1.82, 2.24) is 39.5 Å². The average Bonchev–Trinajstić information content (AvgIpc) is 3.79. The SMILES string of the molecule is FC(F)(F)c1cc(-c2ccc3c(c2)c2ccccc2n3-c2ccc(-c3nc(-c4ccccc4)nc(-c4ccccc4)n3)cc2-c2cnccc2-c2nc(-c3ccccc3)nc(-c3ccccc3)n2)cc(C(F)(F)F)c1. The van der Waals surface area contributed by atoms with E-state index in [1.54, 1.807) is 30.6 Å². The fraction of sp³-hybridized carbons (Fsp3) is 0.0328. The van der Waals surface area contributed by atoms with Crippen molar-refractivity contribution in [3.05, 3.63) is 230 Å². The van der Waals surface area contributed by atoms with Crippen molar-refractivity contribution < 1.29 is 26.3 Å². The summed E-state index contributed by atoms with van der Waals surface area (Å²) < 4.78 is 86.9. The maximum absolute atomic E-state index is 14.1. The molecule has 0 aliphatic rings. The summed E-state index contributed by atoms with van der Waals surface area (Å²) in [5.74, 6) is 2.56. The molecule has 8 aromatic carbocycles. The Morgan fingerprint density at radius 3 is 1.25 bits per heavy atom. The summed E-state index contributed by atoms with van der Waals surface area (Å²) in [5, 5.41) is 1.29. The second-order valence-electron chi connectivity index (χ2n) is 17.6. The molecule has 362 valence electrons. The molecule has 14 heteroatoms. The first-order valence-corrected chi connectivity index (χ1v) is 23.6. The van der Waals surface area contributed by atoms with Gasteiger partial charge < -0.3 is 4.57 Å². The van der Waals surface area contributed by atoms with Gasteiger partial charge in [0.2, 0.25) is 0 Å². The molecule has 0 saturated heterocycles. The maximum Gasteiger partial charge on any atom is 0.416 e. The number of pyridine rings is 1. The van der Waals surface area contributed by atoms with Crippen molar-refractivity contribution in [2.45, 2.75) is 12.4 Å². The Kier molecular flexibility index (Phi) is 11.6. The molecule has 12 rings (SSSR count). The quantitative estimate of drug-likeness (QED) is 0.133. The van der Waals surface area contributed by atoms with E-state index in [0.29, 0.717) is 84.7 Å². The molecule has 0 N–H and O–H groups in total. The van der Waals surface area contributed by atoms with Crippen LogP contribution in [0.15, 0.2) is 219 Å². The molecule has 4 heterocycles. The minimum Gasteiger partial charge on any atom is -0.309 e. The van der Waals surface area contributed by atoms with Crippen LogP contribution < -0.4 is 0 Å². The molecule has 0 amide bonds. The lowest BCUT2D eigenvalue weighted by atomic mass is 9.96. The van der Waals surface area contributed by atoms with E-state index in [-0.39, 0.29) is 17.2 Å². The summed E-state index contributed by atoms with van der Waals surface area (Å²) in [5.41, 5.74) is 4.73. The maximum atomic E-state index is 14.1. The number of nitrogens with zero attached hydrogens (tertiary/aromatic N) is 8. The van der Waals surface area contributed by atoms with Crippen molar-refractivity contribution in [3.8, 4) is 96.3 Å². The van der Waals surface area contributed by atoms with Gasteiger partial charge in [0.1, 0.15) is 0 Å². The number of halogens is 6. The van der Waals surface area contributed by atoms with Gasteiger partial charge in [-0.2, -0.15) is 26.3 Å². The molecular formula is C61H36F6N8. The van der Waals surface area contributed by atoms with Crippen LogP contribution in [-0.2, 0) is 12.4 Å². The lowest BCUT2D eigenvalue weighted by Gasteiger charge is -2.18. The second-order valence-corrected chi connectivity index (χ2v) is 17.6. The van der Waals surface area contributed by atoms with Crippen LogP contribution in [0, 0.1) is 0 Å². The highest BCUT2D eigenvalue weighted by Gasteiger charge is 2.37. The second kappa shape index (κ2) is 18.7. The molecule has 0 radical (unpaired) electrons. The largest absolute Gasteiger partial charge is 0.416 e. The summed E-state index contributed by atoms with van der Waals surface area (Å²) in [6, 6.07) is 60.1. The minimum absolute atomic E-state index is 0.135. The Balaban J connectivity index is 1.12. The Morgan fingerprint density at radius 2 is 0.747 bits per heavy atom. The van der Waals surface area contributed by atoms with Gasteiger partial charge in [-0.25, -0.2) is 29.9 Å². The summed E-state index contributed by atoms with van der Waals surface area (Å²) in [7, 11) is 0. The number of hydrogen-bond acceptors (Lipinski definition) is 7. The fourth-order valence-electron chi connectivity index (χ4n) is 9.29. The van der Waals surface area contributed by atoms with Crippen molar-refractivity contribution in [2.75, 3.05) is 0 Å². The van der Waals surface area contributed by atoms with Crippen LogP contribution in [0.25, 0.3) is 118 Å². The Bertz CT molecular complexity index is 3940. The van der Waals surface area contributed by atoms with Crippen LogP contribution in [-0.4, -0.2) is 39.5 Å². The third kappa shape index (κ3) is 9.03. The van der Waals surface area contributed by atoms with Crippen LogP contribution in [0.1, 0.15) is 11.1 Å². The van der Waals surface area contributed by atoms with Crippen LogP contribution in [0.4, 0.5) is 26.3 Å². The van der Waals surface area contributed by atoms with E-state index in [0.717, 1.165) is 34.4 Å². The fourth-order valence-corrected chi connectivity index (χ4v) is 9.29. The van der Waals surface area contributed by atoms with Gasteiger partial charge in [0.05, 0.1) is 27.8 Å². The molecule has 12 aromatic rings. The van der Waals surface area contributed by atoms with Gasteiger partial charge in [0, 0.05) is 67.7 Å². The molecule has 0 aliphatic heterocycles. The lowest BCUT2D eigenvalue weighted by Crippen LogP contribution is -2.11.